The van der Waals surface area contributed by atoms with E-state index in [1.807, 2.05) is 19.1 Å². The Bertz CT molecular complexity index is 1130. The zero-order valence-electron chi connectivity index (χ0n) is 16.4. The molecule has 3 aromatic rings. The molecule has 2 N–H and O–H groups in total. The Morgan fingerprint density at radius 1 is 1.00 bits per heavy atom. The molecule has 0 unspecified atom stereocenters. The van der Waals surface area contributed by atoms with Gasteiger partial charge in [0.2, 0.25) is 0 Å². The van der Waals surface area contributed by atoms with Crippen molar-refractivity contribution in [3.8, 4) is 5.75 Å². The van der Waals surface area contributed by atoms with Crippen molar-refractivity contribution in [3.63, 3.8) is 0 Å². The van der Waals surface area contributed by atoms with Crippen LogP contribution in [0.25, 0.3) is 0 Å². The maximum atomic E-state index is 12.8. The smallest absolute Gasteiger partial charge is 0.263 e. The third-order valence-electron chi connectivity index (χ3n) is 4.47. The SMILES string of the molecule is COc1ccc([C@@H](C)NC(=O)c2ccc(Cl)c(S(=O)(=O)Nc3ccccc3)c2)cc1. The van der Waals surface area contributed by atoms with Crippen molar-refractivity contribution in [2.75, 3.05) is 11.8 Å². The van der Waals surface area contributed by atoms with E-state index < -0.39 is 15.9 Å². The van der Waals surface area contributed by atoms with E-state index in [-0.39, 0.29) is 21.5 Å². The van der Waals surface area contributed by atoms with Crippen LogP contribution in [0.1, 0.15) is 28.9 Å². The van der Waals surface area contributed by atoms with Crippen LogP contribution >= 0.6 is 11.6 Å². The van der Waals surface area contributed by atoms with Gasteiger partial charge in [-0.3, -0.25) is 9.52 Å². The van der Waals surface area contributed by atoms with Gasteiger partial charge in [0.05, 0.1) is 18.2 Å². The molecule has 0 bridgehead atoms. The van der Waals surface area contributed by atoms with Crippen LogP contribution in [0.4, 0.5) is 5.69 Å². The van der Waals surface area contributed by atoms with Crippen LogP contribution in [-0.2, 0) is 10.0 Å². The fourth-order valence-electron chi connectivity index (χ4n) is 2.82. The van der Waals surface area contributed by atoms with Gasteiger partial charge in [0.25, 0.3) is 15.9 Å². The molecule has 0 saturated heterocycles. The van der Waals surface area contributed by atoms with E-state index in [1.165, 1.54) is 18.2 Å². The fourth-order valence-corrected chi connectivity index (χ4v) is 4.41. The molecule has 0 aliphatic heterocycles. The quantitative estimate of drug-likeness (QED) is 0.556. The predicted molar refractivity (Wildman–Crippen MR) is 118 cm³/mol. The first-order valence-electron chi connectivity index (χ1n) is 9.12. The summed E-state index contributed by atoms with van der Waals surface area (Å²) in [6.07, 6.45) is 0. The van der Waals surface area contributed by atoms with Gasteiger partial charge in [-0.15, -0.1) is 0 Å². The second-order valence-electron chi connectivity index (χ2n) is 6.59. The normalized spacial score (nSPS) is 12.1. The Kier molecular flexibility index (Phi) is 6.64. The molecule has 0 aliphatic carbocycles. The molecule has 0 saturated carbocycles. The van der Waals surface area contributed by atoms with Crippen molar-refractivity contribution < 1.29 is 17.9 Å². The lowest BCUT2D eigenvalue weighted by molar-refractivity contribution is 0.0939. The summed E-state index contributed by atoms with van der Waals surface area (Å²) in [6.45, 7) is 1.84. The van der Waals surface area contributed by atoms with Crippen LogP contribution in [0.2, 0.25) is 5.02 Å². The first kappa shape index (κ1) is 21.7. The van der Waals surface area contributed by atoms with Gasteiger partial charge in [-0.05, 0) is 55.0 Å². The van der Waals surface area contributed by atoms with E-state index >= 15 is 0 Å². The number of hydrogen-bond donors (Lipinski definition) is 2. The van der Waals surface area contributed by atoms with Gasteiger partial charge in [-0.1, -0.05) is 41.9 Å². The molecule has 3 aromatic carbocycles. The Labute approximate surface area is 180 Å². The van der Waals surface area contributed by atoms with Crippen molar-refractivity contribution in [2.24, 2.45) is 0 Å². The third-order valence-corrected chi connectivity index (χ3v) is 6.34. The van der Waals surface area contributed by atoms with Gasteiger partial charge >= 0.3 is 0 Å². The number of sulfonamides is 1. The molecule has 0 fully saturated rings. The molecule has 8 heteroatoms. The van der Waals surface area contributed by atoms with Gasteiger partial charge in [-0.25, -0.2) is 8.42 Å². The lowest BCUT2D eigenvalue weighted by atomic mass is 10.1. The fraction of sp³-hybridized carbons (Fsp3) is 0.136. The number of hydrogen-bond acceptors (Lipinski definition) is 4. The molecule has 30 heavy (non-hydrogen) atoms. The van der Waals surface area contributed by atoms with E-state index in [4.69, 9.17) is 16.3 Å². The number of rotatable bonds is 7. The third kappa shape index (κ3) is 5.11. The zero-order chi connectivity index (χ0) is 21.7. The molecular formula is C22H21ClN2O4S. The largest absolute Gasteiger partial charge is 0.497 e. The van der Waals surface area contributed by atoms with Crippen molar-refractivity contribution in [3.05, 3.63) is 88.9 Å². The molecule has 0 spiro atoms. The van der Waals surface area contributed by atoms with E-state index in [1.54, 1.807) is 49.6 Å². The van der Waals surface area contributed by atoms with Crippen molar-refractivity contribution in [2.45, 2.75) is 17.9 Å². The molecule has 156 valence electrons. The molecule has 3 rings (SSSR count). The molecule has 1 amide bonds. The average Bonchev–Trinajstić information content (AvgIpc) is 2.74. The summed E-state index contributed by atoms with van der Waals surface area (Å²) in [7, 11) is -2.38. The molecule has 1 atom stereocenters. The Hall–Kier alpha value is -3.03. The standard InChI is InChI=1S/C22H21ClN2O4S/c1-15(16-8-11-19(29-2)12-9-16)24-22(26)17-10-13-20(23)21(14-17)30(27,28)25-18-6-4-3-5-7-18/h3-15,25H,1-2H3,(H,24,26)/t15-/m1/s1. The van der Waals surface area contributed by atoms with Crippen LogP contribution in [0.5, 0.6) is 5.75 Å². The number of ether oxygens (including phenoxy) is 1. The minimum atomic E-state index is -3.96. The number of para-hydroxylation sites is 1. The van der Waals surface area contributed by atoms with E-state index in [0.717, 1.165) is 11.3 Å². The summed E-state index contributed by atoms with van der Waals surface area (Å²) in [6, 6.07) is 19.6. The van der Waals surface area contributed by atoms with E-state index in [9.17, 15) is 13.2 Å². The average molecular weight is 445 g/mol. The van der Waals surface area contributed by atoms with Crippen LogP contribution < -0.4 is 14.8 Å². The molecule has 0 radical (unpaired) electrons. The highest BCUT2D eigenvalue weighted by Crippen LogP contribution is 2.25. The van der Waals surface area contributed by atoms with Gasteiger partial charge in [0, 0.05) is 11.3 Å². The second-order valence-corrected chi connectivity index (χ2v) is 8.64. The molecule has 6 nitrogen and oxygen atoms in total. The van der Waals surface area contributed by atoms with Crippen LogP contribution in [0.3, 0.4) is 0 Å². The van der Waals surface area contributed by atoms with Crippen LogP contribution in [0.15, 0.2) is 77.7 Å². The first-order chi connectivity index (χ1) is 14.3. The van der Waals surface area contributed by atoms with Crippen LogP contribution in [0, 0.1) is 0 Å². The molecule has 0 heterocycles. The van der Waals surface area contributed by atoms with E-state index in [2.05, 4.69) is 10.0 Å². The van der Waals surface area contributed by atoms with Gasteiger partial charge in [-0.2, -0.15) is 0 Å². The number of anilines is 1. The number of halogens is 1. The summed E-state index contributed by atoms with van der Waals surface area (Å²) in [4.78, 5) is 12.5. The summed E-state index contributed by atoms with van der Waals surface area (Å²) in [5.41, 5.74) is 1.47. The Morgan fingerprint density at radius 3 is 2.30 bits per heavy atom. The highest BCUT2D eigenvalue weighted by molar-refractivity contribution is 7.92. The monoisotopic (exact) mass is 444 g/mol. The van der Waals surface area contributed by atoms with E-state index in [0.29, 0.717) is 5.69 Å². The molecular weight excluding hydrogens is 424 g/mol. The highest BCUT2D eigenvalue weighted by Gasteiger charge is 2.21. The van der Waals surface area contributed by atoms with Gasteiger partial charge in [0.15, 0.2) is 0 Å². The van der Waals surface area contributed by atoms with Crippen molar-refractivity contribution in [1.82, 2.24) is 5.32 Å². The molecule has 0 aromatic heterocycles. The van der Waals surface area contributed by atoms with Gasteiger partial charge in [0.1, 0.15) is 10.6 Å². The maximum absolute atomic E-state index is 12.8. The number of carbonyl (C=O) groups is 1. The summed E-state index contributed by atoms with van der Waals surface area (Å²) >= 11 is 6.12. The number of benzene rings is 3. The second kappa shape index (κ2) is 9.19. The minimum absolute atomic E-state index is 0.0261. The summed E-state index contributed by atoms with van der Waals surface area (Å²) in [5, 5.41) is 2.89. The van der Waals surface area contributed by atoms with Crippen molar-refractivity contribution >= 4 is 33.2 Å². The van der Waals surface area contributed by atoms with Gasteiger partial charge < -0.3 is 10.1 Å². The minimum Gasteiger partial charge on any atom is -0.497 e. The summed E-state index contributed by atoms with van der Waals surface area (Å²) < 4.78 is 33.1. The lowest BCUT2D eigenvalue weighted by Crippen LogP contribution is -2.27. The van der Waals surface area contributed by atoms with Crippen LogP contribution in [-0.4, -0.2) is 21.4 Å². The van der Waals surface area contributed by atoms with Crippen molar-refractivity contribution in [1.29, 1.82) is 0 Å². The lowest BCUT2D eigenvalue weighted by Gasteiger charge is -2.16. The first-order valence-corrected chi connectivity index (χ1v) is 11.0. The number of amides is 1. The summed E-state index contributed by atoms with van der Waals surface area (Å²) in [5.74, 6) is 0.307. The Morgan fingerprint density at radius 2 is 1.67 bits per heavy atom. The highest BCUT2D eigenvalue weighted by atomic mass is 35.5. The number of carbonyl (C=O) groups excluding carboxylic acids is 1. The topological polar surface area (TPSA) is 84.5 Å². The number of nitrogens with one attached hydrogen (secondary N) is 2. The number of methoxy groups -OCH3 is 1. The Balaban J connectivity index is 1.80. The predicted octanol–water partition coefficient (Wildman–Crippen LogP) is 4.64. The zero-order valence-corrected chi connectivity index (χ0v) is 18.0. The molecule has 0 aliphatic rings. The maximum Gasteiger partial charge on any atom is 0.263 e.